The lowest BCUT2D eigenvalue weighted by molar-refractivity contribution is 0.449. The molecule has 0 unspecified atom stereocenters. The highest BCUT2D eigenvalue weighted by molar-refractivity contribution is 7.92. The van der Waals surface area contributed by atoms with Gasteiger partial charge in [-0.05, 0) is 48.5 Å². The van der Waals surface area contributed by atoms with Crippen molar-refractivity contribution in [2.24, 2.45) is 9.98 Å². The molecule has 0 aromatic heterocycles. The number of benzene rings is 4. The van der Waals surface area contributed by atoms with Gasteiger partial charge in [-0.25, -0.2) is 8.42 Å². The van der Waals surface area contributed by atoms with Gasteiger partial charge in [-0.1, -0.05) is 12.1 Å². The van der Waals surface area contributed by atoms with E-state index >= 15 is 0 Å². The molecule has 35 heavy (non-hydrogen) atoms. The van der Waals surface area contributed by atoms with E-state index in [2.05, 4.69) is 9.98 Å². The molecular weight excluding hydrogens is 468 g/mol. The maximum atomic E-state index is 13.3. The summed E-state index contributed by atoms with van der Waals surface area (Å²) in [6.45, 7) is 0. The van der Waals surface area contributed by atoms with Crippen molar-refractivity contribution in [1.82, 2.24) is 0 Å². The van der Waals surface area contributed by atoms with E-state index in [0.717, 1.165) is 0 Å². The Morgan fingerprint density at radius 2 is 1.00 bits per heavy atom. The molecule has 0 atom stereocenters. The van der Waals surface area contributed by atoms with Crippen LogP contribution in [0.4, 0.5) is 11.4 Å². The van der Waals surface area contributed by atoms with Gasteiger partial charge in [0.25, 0.3) is 0 Å². The fourth-order valence-electron chi connectivity index (χ4n) is 3.76. The molecule has 0 aliphatic carbocycles. The minimum absolute atomic E-state index is 0.0791. The van der Waals surface area contributed by atoms with E-state index in [-0.39, 0.29) is 32.8 Å². The van der Waals surface area contributed by atoms with Crippen molar-refractivity contribution in [3.8, 4) is 34.1 Å². The van der Waals surface area contributed by atoms with E-state index in [9.17, 15) is 28.8 Å². The normalized spacial score (nSPS) is 13.8. The van der Waals surface area contributed by atoms with Gasteiger partial charge in [0, 0.05) is 46.8 Å². The average molecular weight is 487 g/mol. The van der Waals surface area contributed by atoms with Crippen LogP contribution < -0.4 is 0 Å². The first-order valence-corrected chi connectivity index (χ1v) is 11.9. The molecule has 1 heterocycles. The minimum atomic E-state index is -3.82. The molecule has 5 rings (SSSR count). The third kappa shape index (κ3) is 4.09. The van der Waals surface area contributed by atoms with E-state index in [4.69, 9.17) is 0 Å². The maximum absolute atomic E-state index is 13.3. The summed E-state index contributed by atoms with van der Waals surface area (Å²) in [6.07, 6.45) is 2.77. The van der Waals surface area contributed by atoms with E-state index < -0.39 is 9.84 Å². The molecule has 1 aliphatic heterocycles. The van der Waals surface area contributed by atoms with Crippen molar-refractivity contribution >= 4 is 33.6 Å². The third-order valence-electron chi connectivity index (χ3n) is 5.53. The molecule has 0 saturated heterocycles. The second-order valence-corrected chi connectivity index (χ2v) is 9.75. The number of aromatic hydroxyl groups is 4. The van der Waals surface area contributed by atoms with Crippen molar-refractivity contribution in [2.45, 2.75) is 9.79 Å². The number of phenolic OH excluding ortho intramolecular Hbond substituents is 4. The molecule has 9 heteroatoms. The molecule has 0 bridgehead atoms. The SMILES string of the molecule is O=S1(=O)c2cc(N=Cc3ccc(O)cc3O)ccc2-c2ccc(N=Cc3ccc(O)cc3O)cc21. The molecule has 0 spiro atoms. The van der Waals surface area contributed by atoms with E-state index in [1.165, 1.54) is 61.0 Å². The van der Waals surface area contributed by atoms with Gasteiger partial charge in [-0.2, -0.15) is 0 Å². The van der Waals surface area contributed by atoms with Gasteiger partial charge in [-0.15, -0.1) is 0 Å². The van der Waals surface area contributed by atoms with Crippen molar-refractivity contribution in [3.05, 3.63) is 83.9 Å². The topological polar surface area (TPSA) is 140 Å². The van der Waals surface area contributed by atoms with Crippen LogP contribution in [-0.4, -0.2) is 41.3 Å². The summed E-state index contributed by atoms with van der Waals surface area (Å²) in [5.74, 6) is -0.457. The monoisotopic (exact) mass is 486 g/mol. The number of phenols is 4. The highest BCUT2D eigenvalue weighted by atomic mass is 32.2. The molecular formula is C26H18N2O6S. The first kappa shape index (κ1) is 22.2. The summed E-state index contributed by atoms with van der Waals surface area (Å²) in [5, 5.41) is 38.6. The van der Waals surface area contributed by atoms with Gasteiger partial charge in [-0.3, -0.25) is 9.98 Å². The number of rotatable bonds is 4. The Kier molecular flexibility index (Phi) is 5.26. The van der Waals surface area contributed by atoms with E-state index in [1.807, 2.05) is 0 Å². The van der Waals surface area contributed by atoms with Crippen molar-refractivity contribution in [1.29, 1.82) is 0 Å². The second kappa shape index (κ2) is 8.30. The summed E-state index contributed by atoms with van der Waals surface area (Å²) in [7, 11) is -3.82. The number of fused-ring (bicyclic) bond motifs is 3. The Balaban J connectivity index is 1.46. The van der Waals surface area contributed by atoms with Crippen molar-refractivity contribution < 1.29 is 28.8 Å². The van der Waals surface area contributed by atoms with Gasteiger partial charge in [0.2, 0.25) is 9.84 Å². The molecule has 0 fully saturated rings. The Bertz CT molecular complexity index is 1540. The Hall–Kier alpha value is -4.63. The summed E-state index contributed by atoms with van der Waals surface area (Å²) in [6, 6.07) is 17.8. The smallest absolute Gasteiger partial charge is 0.207 e. The lowest BCUT2D eigenvalue weighted by Gasteiger charge is -2.02. The molecule has 4 aromatic carbocycles. The Morgan fingerprint density at radius 3 is 1.40 bits per heavy atom. The number of aliphatic imine (C=N–C) groups is 2. The molecule has 4 N–H and O–H groups in total. The summed E-state index contributed by atoms with van der Waals surface area (Å²) >= 11 is 0. The Morgan fingerprint density at radius 1 is 0.571 bits per heavy atom. The molecule has 4 aromatic rings. The molecule has 0 radical (unpaired) electrons. The molecule has 0 amide bonds. The van der Waals surface area contributed by atoms with Crippen LogP contribution >= 0.6 is 0 Å². The first-order chi connectivity index (χ1) is 16.7. The standard InChI is InChI=1S/C26H18N2O6S/c29-19-5-1-15(23(31)11-19)13-27-17-3-7-21-22-8-4-18(10-26(22)35(33,34)25(21)9-17)28-14-16-2-6-20(30)12-24(16)32/h1-14,29-32H. The summed E-state index contributed by atoms with van der Waals surface area (Å²) in [5.41, 5.74) is 2.62. The summed E-state index contributed by atoms with van der Waals surface area (Å²) < 4.78 is 26.5. The highest BCUT2D eigenvalue weighted by Gasteiger charge is 2.33. The van der Waals surface area contributed by atoms with Crippen molar-refractivity contribution in [3.63, 3.8) is 0 Å². The van der Waals surface area contributed by atoms with Gasteiger partial charge in [0.05, 0.1) is 21.2 Å². The van der Waals surface area contributed by atoms with Crippen LogP contribution in [0, 0.1) is 0 Å². The van der Waals surface area contributed by atoms with Gasteiger partial charge >= 0.3 is 0 Å². The zero-order valence-electron chi connectivity index (χ0n) is 18.0. The fourth-order valence-corrected chi connectivity index (χ4v) is 5.49. The number of nitrogens with zero attached hydrogens (tertiary/aromatic N) is 2. The first-order valence-electron chi connectivity index (χ1n) is 10.4. The van der Waals surface area contributed by atoms with Crippen LogP contribution in [0.2, 0.25) is 0 Å². The highest BCUT2D eigenvalue weighted by Crippen LogP contribution is 2.45. The largest absolute Gasteiger partial charge is 0.508 e. The summed E-state index contributed by atoms with van der Waals surface area (Å²) in [4.78, 5) is 8.78. The quantitative estimate of drug-likeness (QED) is 0.269. The van der Waals surface area contributed by atoms with Gasteiger partial charge < -0.3 is 20.4 Å². The van der Waals surface area contributed by atoms with Crippen LogP contribution in [0.3, 0.4) is 0 Å². The predicted molar refractivity (Wildman–Crippen MR) is 131 cm³/mol. The van der Waals surface area contributed by atoms with Gasteiger partial charge in [0.1, 0.15) is 23.0 Å². The fraction of sp³-hybridized carbons (Fsp3) is 0. The molecule has 0 saturated carbocycles. The number of sulfone groups is 1. The Labute approximate surface area is 200 Å². The van der Waals surface area contributed by atoms with E-state index in [1.54, 1.807) is 24.3 Å². The van der Waals surface area contributed by atoms with Crippen LogP contribution in [0.5, 0.6) is 23.0 Å². The van der Waals surface area contributed by atoms with E-state index in [0.29, 0.717) is 33.6 Å². The zero-order valence-corrected chi connectivity index (χ0v) is 18.8. The third-order valence-corrected chi connectivity index (χ3v) is 7.37. The number of hydrogen-bond acceptors (Lipinski definition) is 8. The molecule has 8 nitrogen and oxygen atoms in total. The predicted octanol–water partition coefficient (Wildman–Crippen LogP) is 4.82. The van der Waals surface area contributed by atoms with Crippen LogP contribution in [-0.2, 0) is 9.84 Å². The maximum Gasteiger partial charge on any atom is 0.207 e. The van der Waals surface area contributed by atoms with Crippen LogP contribution in [0.25, 0.3) is 11.1 Å². The lowest BCUT2D eigenvalue weighted by Crippen LogP contribution is -1.96. The second-order valence-electron chi connectivity index (χ2n) is 7.87. The minimum Gasteiger partial charge on any atom is -0.508 e. The molecule has 1 aliphatic rings. The molecule has 174 valence electrons. The average Bonchev–Trinajstić information content (AvgIpc) is 3.04. The van der Waals surface area contributed by atoms with Crippen molar-refractivity contribution in [2.75, 3.05) is 0 Å². The van der Waals surface area contributed by atoms with Crippen LogP contribution in [0.15, 0.2) is 92.6 Å². The van der Waals surface area contributed by atoms with Crippen LogP contribution in [0.1, 0.15) is 11.1 Å². The number of hydrogen-bond donors (Lipinski definition) is 4. The zero-order chi connectivity index (χ0) is 24.7. The van der Waals surface area contributed by atoms with Gasteiger partial charge in [0.15, 0.2) is 0 Å². The lowest BCUT2D eigenvalue weighted by atomic mass is 10.1.